The first kappa shape index (κ1) is 21.5. The van der Waals surface area contributed by atoms with Gasteiger partial charge in [-0.2, -0.15) is 0 Å². The van der Waals surface area contributed by atoms with Crippen LogP contribution in [-0.2, 0) is 16.1 Å². The van der Waals surface area contributed by atoms with Gasteiger partial charge in [-0.1, -0.05) is 43.3 Å². The highest BCUT2D eigenvalue weighted by atomic mass is 16.5. The van der Waals surface area contributed by atoms with Crippen LogP contribution in [0.25, 0.3) is 0 Å². The molecule has 1 N–H and O–H groups in total. The summed E-state index contributed by atoms with van der Waals surface area (Å²) in [7, 11) is 0. The van der Waals surface area contributed by atoms with E-state index in [9.17, 15) is 9.59 Å². The zero-order chi connectivity index (χ0) is 20.5. The lowest BCUT2D eigenvalue weighted by atomic mass is 10.1. The number of aryl methyl sites for hydroxylation is 2. The van der Waals surface area contributed by atoms with Gasteiger partial charge in [0.15, 0.2) is 6.61 Å². The third-order valence-electron chi connectivity index (χ3n) is 4.47. The van der Waals surface area contributed by atoms with Crippen LogP contribution < -0.4 is 10.1 Å². The van der Waals surface area contributed by atoms with Crippen molar-refractivity contribution in [3.63, 3.8) is 0 Å². The number of amides is 2. The highest BCUT2D eigenvalue weighted by molar-refractivity contribution is 5.87. The molecule has 0 radical (unpaired) electrons. The topological polar surface area (TPSA) is 58.6 Å². The van der Waals surface area contributed by atoms with E-state index in [1.807, 2.05) is 63.2 Å². The van der Waals surface area contributed by atoms with Gasteiger partial charge in [-0.3, -0.25) is 9.59 Å². The fourth-order valence-electron chi connectivity index (χ4n) is 3.00. The van der Waals surface area contributed by atoms with Crippen molar-refractivity contribution in [3.8, 4) is 5.75 Å². The molecule has 150 valence electrons. The van der Waals surface area contributed by atoms with Crippen LogP contribution in [0.5, 0.6) is 5.75 Å². The molecule has 1 atom stereocenters. The van der Waals surface area contributed by atoms with E-state index in [-0.39, 0.29) is 18.4 Å². The van der Waals surface area contributed by atoms with Gasteiger partial charge in [0.05, 0.1) is 0 Å². The zero-order valence-electron chi connectivity index (χ0n) is 17.2. The van der Waals surface area contributed by atoms with E-state index in [0.29, 0.717) is 18.8 Å². The summed E-state index contributed by atoms with van der Waals surface area (Å²) in [4.78, 5) is 27.0. The number of nitrogens with zero attached hydrogens (tertiary/aromatic N) is 1. The minimum absolute atomic E-state index is 0.110. The Kier molecular flexibility index (Phi) is 8.05. The summed E-state index contributed by atoms with van der Waals surface area (Å²) in [6, 6.07) is 14.9. The second-order valence-corrected chi connectivity index (χ2v) is 7.09. The van der Waals surface area contributed by atoms with Crippen LogP contribution in [0.1, 0.15) is 37.0 Å². The number of carbonyl (C=O) groups excluding carboxylic acids is 2. The van der Waals surface area contributed by atoms with Crippen LogP contribution >= 0.6 is 0 Å². The maximum absolute atomic E-state index is 12.9. The lowest BCUT2D eigenvalue weighted by Crippen LogP contribution is -2.49. The molecule has 2 rings (SSSR count). The molecule has 5 heteroatoms. The van der Waals surface area contributed by atoms with E-state index in [1.165, 1.54) is 0 Å². The smallest absolute Gasteiger partial charge is 0.261 e. The van der Waals surface area contributed by atoms with Crippen molar-refractivity contribution in [1.82, 2.24) is 10.2 Å². The van der Waals surface area contributed by atoms with Crippen molar-refractivity contribution in [2.75, 3.05) is 13.2 Å². The van der Waals surface area contributed by atoms with Gasteiger partial charge in [0.2, 0.25) is 5.91 Å². The monoisotopic (exact) mass is 382 g/mol. The van der Waals surface area contributed by atoms with Gasteiger partial charge >= 0.3 is 0 Å². The second kappa shape index (κ2) is 10.5. The molecule has 2 aromatic carbocycles. The molecule has 0 aromatic heterocycles. The van der Waals surface area contributed by atoms with Crippen LogP contribution in [0.15, 0.2) is 48.5 Å². The molecule has 0 fully saturated rings. The zero-order valence-corrected chi connectivity index (χ0v) is 17.2. The Morgan fingerprint density at radius 2 is 1.71 bits per heavy atom. The molecule has 1 unspecified atom stereocenters. The summed E-state index contributed by atoms with van der Waals surface area (Å²) in [5, 5.41) is 2.87. The molecule has 0 heterocycles. The molecule has 5 nitrogen and oxygen atoms in total. The average molecular weight is 383 g/mol. The third kappa shape index (κ3) is 6.41. The molecule has 0 spiro atoms. The van der Waals surface area contributed by atoms with Crippen LogP contribution in [0.2, 0.25) is 0 Å². The Labute approximate surface area is 167 Å². The van der Waals surface area contributed by atoms with Crippen molar-refractivity contribution in [3.05, 3.63) is 65.2 Å². The second-order valence-electron chi connectivity index (χ2n) is 7.09. The van der Waals surface area contributed by atoms with Crippen LogP contribution in [-0.4, -0.2) is 35.9 Å². The molecule has 0 aliphatic rings. The molecule has 0 saturated heterocycles. The van der Waals surface area contributed by atoms with Gasteiger partial charge in [0.1, 0.15) is 11.8 Å². The maximum Gasteiger partial charge on any atom is 0.261 e. The predicted molar refractivity (Wildman–Crippen MR) is 111 cm³/mol. The van der Waals surface area contributed by atoms with Gasteiger partial charge in [0.25, 0.3) is 5.91 Å². The quantitative estimate of drug-likeness (QED) is 0.721. The third-order valence-corrected chi connectivity index (χ3v) is 4.47. The van der Waals surface area contributed by atoms with E-state index < -0.39 is 6.04 Å². The molecule has 0 saturated carbocycles. The standard InChI is InChI=1S/C23H30N2O3/c1-5-11-24-23(27)19(4)25(15-20-9-7-6-8-10-20)22(26)16-28-21-13-17(2)12-18(3)14-21/h6-10,12-14,19H,5,11,15-16H2,1-4H3,(H,24,27). The number of rotatable bonds is 9. The number of benzene rings is 2. The van der Waals surface area contributed by atoms with Crippen molar-refractivity contribution in [2.45, 2.75) is 46.7 Å². The highest BCUT2D eigenvalue weighted by Crippen LogP contribution is 2.17. The Balaban J connectivity index is 2.12. The van der Waals surface area contributed by atoms with Crippen LogP contribution in [0.3, 0.4) is 0 Å². The molecular weight excluding hydrogens is 352 g/mol. The molecular formula is C23H30N2O3. The number of nitrogens with one attached hydrogen (secondary N) is 1. The SMILES string of the molecule is CCCNC(=O)C(C)N(Cc1ccccc1)C(=O)COc1cc(C)cc(C)c1. The first-order chi connectivity index (χ1) is 13.4. The number of carbonyl (C=O) groups is 2. The largest absolute Gasteiger partial charge is 0.484 e. The first-order valence-corrected chi connectivity index (χ1v) is 9.73. The summed E-state index contributed by atoms with van der Waals surface area (Å²) in [5.41, 5.74) is 3.13. The van der Waals surface area contributed by atoms with Crippen molar-refractivity contribution >= 4 is 11.8 Å². The van der Waals surface area contributed by atoms with Gasteiger partial charge in [-0.15, -0.1) is 0 Å². The predicted octanol–water partition coefficient (Wildman–Crippen LogP) is 3.63. The Morgan fingerprint density at radius 1 is 1.07 bits per heavy atom. The fourth-order valence-corrected chi connectivity index (χ4v) is 3.00. The molecule has 2 aromatic rings. The summed E-state index contributed by atoms with van der Waals surface area (Å²) in [6.45, 7) is 8.57. The Bertz CT molecular complexity index is 769. The van der Waals surface area contributed by atoms with E-state index in [1.54, 1.807) is 11.8 Å². The van der Waals surface area contributed by atoms with E-state index in [2.05, 4.69) is 11.4 Å². The van der Waals surface area contributed by atoms with E-state index >= 15 is 0 Å². The normalized spacial score (nSPS) is 11.6. The van der Waals surface area contributed by atoms with Crippen LogP contribution in [0.4, 0.5) is 0 Å². The van der Waals surface area contributed by atoms with Crippen molar-refractivity contribution < 1.29 is 14.3 Å². The summed E-state index contributed by atoms with van der Waals surface area (Å²) in [5.74, 6) is 0.285. The maximum atomic E-state index is 12.9. The summed E-state index contributed by atoms with van der Waals surface area (Å²) in [6.07, 6.45) is 0.848. The lowest BCUT2D eigenvalue weighted by Gasteiger charge is -2.28. The fraction of sp³-hybridized carbons (Fsp3) is 0.391. The minimum Gasteiger partial charge on any atom is -0.484 e. The summed E-state index contributed by atoms with van der Waals surface area (Å²) < 4.78 is 5.74. The Morgan fingerprint density at radius 3 is 2.32 bits per heavy atom. The van der Waals surface area contributed by atoms with Gasteiger partial charge < -0.3 is 15.0 Å². The molecule has 0 aliphatic carbocycles. The highest BCUT2D eigenvalue weighted by Gasteiger charge is 2.26. The molecule has 0 bridgehead atoms. The van der Waals surface area contributed by atoms with Crippen molar-refractivity contribution in [1.29, 1.82) is 0 Å². The molecule has 28 heavy (non-hydrogen) atoms. The van der Waals surface area contributed by atoms with Gasteiger partial charge in [0, 0.05) is 13.1 Å². The number of hydrogen-bond acceptors (Lipinski definition) is 3. The van der Waals surface area contributed by atoms with E-state index in [4.69, 9.17) is 4.74 Å². The van der Waals surface area contributed by atoms with E-state index in [0.717, 1.165) is 23.1 Å². The minimum atomic E-state index is -0.581. The van der Waals surface area contributed by atoms with Gasteiger partial charge in [-0.05, 0) is 56.0 Å². The van der Waals surface area contributed by atoms with Crippen molar-refractivity contribution in [2.24, 2.45) is 0 Å². The number of ether oxygens (including phenoxy) is 1. The molecule has 2 amide bonds. The number of hydrogen-bond donors (Lipinski definition) is 1. The van der Waals surface area contributed by atoms with Gasteiger partial charge in [-0.25, -0.2) is 0 Å². The molecule has 0 aliphatic heterocycles. The lowest BCUT2D eigenvalue weighted by molar-refractivity contribution is -0.142. The van der Waals surface area contributed by atoms with Crippen LogP contribution in [0, 0.1) is 13.8 Å². The average Bonchev–Trinajstić information content (AvgIpc) is 2.68. The first-order valence-electron chi connectivity index (χ1n) is 9.73. The summed E-state index contributed by atoms with van der Waals surface area (Å²) >= 11 is 0. The Hall–Kier alpha value is -2.82.